The molecule has 1 heterocycles. The molecule has 0 unspecified atom stereocenters. The van der Waals surface area contributed by atoms with E-state index in [2.05, 4.69) is 10.0 Å². The van der Waals surface area contributed by atoms with Crippen molar-refractivity contribution in [3.8, 4) is 0 Å². The molecule has 0 saturated carbocycles. The monoisotopic (exact) mass is 373 g/mol. The molecular weight excluding hydrogens is 350 g/mol. The second-order valence-corrected chi connectivity index (χ2v) is 8.24. The number of carbonyl (C=O) groups excluding carboxylic acids is 1. The van der Waals surface area contributed by atoms with Crippen molar-refractivity contribution in [2.45, 2.75) is 31.6 Å². The quantitative estimate of drug-likeness (QED) is 0.857. The van der Waals surface area contributed by atoms with Crippen LogP contribution in [0.2, 0.25) is 0 Å². The number of benzene rings is 2. The highest BCUT2D eigenvalue weighted by atomic mass is 32.2. The Labute approximate surface area is 154 Å². The lowest BCUT2D eigenvalue weighted by Crippen LogP contribution is -2.32. The Morgan fingerprint density at radius 3 is 2.15 bits per heavy atom. The molecule has 26 heavy (non-hydrogen) atoms. The molecule has 0 radical (unpaired) electrons. The van der Waals surface area contributed by atoms with Gasteiger partial charge in [0.15, 0.2) is 0 Å². The zero-order chi connectivity index (χ0) is 18.7. The van der Waals surface area contributed by atoms with E-state index < -0.39 is 10.0 Å². The minimum atomic E-state index is -3.68. The van der Waals surface area contributed by atoms with Crippen LogP contribution in [0.5, 0.6) is 0 Å². The molecule has 1 aliphatic heterocycles. The van der Waals surface area contributed by atoms with Crippen LogP contribution >= 0.6 is 0 Å². The fourth-order valence-corrected chi connectivity index (χ4v) is 3.91. The number of hydrogen-bond acceptors (Lipinski definition) is 3. The summed E-state index contributed by atoms with van der Waals surface area (Å²) in [4.78, 5) is 14.0. The van der Waals surface area contributed by atoms with Gasteiger partial charge in [-0.05, 0) is 74.2 Å². The molecule has 0 spiro atoms. The fraction of sp³-hybridized carbons (Fsp3) is 0.316. The SMILES string of the molecule is Cc1ccc(NS(=O)(=O)c2ccc(NC(=O)N3CCCC3)cc2)cc1C. The van der Waals surface area contributed by atoms with E-state index in [1.165, 1.54) is 12.1 Å². The standard InChI is InChI=1S/C19H23N3O3S/c1-14-5-6-17(13-15(14)2)21-26(24,25)18-9-7-16(8-10-18)20-19(23)22-11-3-4-12-22/h5-10,13,21H,3-4,11-12H2,1-2H3,(H,20,23). The minimum absolute atomic E-state index is 0.147. The molecule has 1 saturated heterocycles. The van der Waals surface area contributed by atoms with Crippen molar-refractivity contribution in [1.82, 2.24) is 4.90 Å². The molecular formula is C19H23N3O3S. The molecule has 2 aromatic rings. The summed E-state index contributed by atoms with van der Waals surface area (Å²) in [5.41, 5.74) is 3.22. The van der Waals surface area contributed by atoms with Gasteiger partial charge in [0, 0.05) is 24.5 Å². The number of nitrogens with zero attached hydrogens (tertiary/aromatic N) is 1. The number of nitrogens with one attached hydrogen (secondary N) is 2. The Morgan fingerprint density at radius 1 is 0.923 bits per heavy atom. The number of carbonyl (C=O) groups is 1. The molecule has 6 nitrogen and oxygen atoms in total. The molecule has 0 aromatic heterocycles. The van der Waals surface area contributed by atoms with Crippen molar-refractivity contribution >= 4 is 27.4 Å². The molecule has 0 bridgehead atoms. The molecule has 1 aliphatic rings. The van der Waals surface area contributed by atoms with Crippen LogP contribution in [0.3, 0.4) is 0 Å². The van der Waals surface area contributed by atoms with Crippen LogP contribution in [0.15, 0.2) is 47.4 Å². The highest BCUT2D eigenvalue weighted by molar-refractivity contribution is 7.92. The second-order valence-electron chi connectivity index (χ2n) is 6.55. The van der Waals surface area contributed by atoms with Crippen LogP contribution in [0, 0.1) is 13.8 Å². The number of likely N-dealkylation sites (tertiary alicyclic amines) is 1. The number of aryl methyl sites for hydroxylation is 2. The zero-order valence-corrected chi connectivity index (χ0v) is 15.8. The lowest BCUT2D eigenvalue weighted by Gasteiger charge is -2.16. The van der Waals surface area contributed by atoms with E-state index in [4.69, 9.17) is 0 Å². The summed E-state index contributed by atoms with van der Waals surface area (Å²) in [6.45, 7) is 5.43. The van der Waals surface area contributed by atoms with E-state index in [-0.39, 0.29) is 10.9 Å². The average Bonchev–Trinajstić information content (AvgIpc) is 3.13. The van der Waals surface area contributed by atoms with E-state index in [1.807, 2.05) is 19.9 Å². The molecule has 2 N–H and O–H groups in total. The Bertz CT molecular complexity index is 902. The van der Waals surface area contributed by atoms with Crippen LogP contribution < -0.4 is 10.0 Å². The first-order valence-corrected chi connectivity index (χ1v) is 10.1. The first kappa shape index (κ1) is 18.3. The van der Waals surface area contributed by atoms with Gasteiger partial charge in [0.2, 0.25) is 0 Å². The summed E-state index contributed by atoms with van der Waals surface area (Å²) in [7, 11) is -3.68. The molecule has 3 rings (SSSR count). The van der Waals surface area contributed by atoms with Gasteiger partial charge in [0.25, 0.3) is 10.0 Å². The average molecular weight is 373 g/mol. The molecule has 138 valence electrons. The van der Waals surface area contributed by atoms with Crippen molar-refractivity contribution in [1.29, 1.82) is 0 Å². The highest BCUT2D eigenvalue weighted by Gasteiger charge is 2.18. The van der Waals surface area contributed by atoms with Gasteiger partial charge in [0.05, 0.1) is 4.90 Å². The third-order valence-corrected chi connectivity index (χ3v) is 5.97. The van der Waals surface area contributed by atoms with Crippen molar-refractivity contribution in [3.05, 3.63) is 53.6 Å². The van der Waals surface area contributed by atoms with Gasteiger partial charge >= 0.3 is 6.03 Å². The van der Waals surface area contributed by atoms with Crippen molar-refractivity contribution in [2.75, 3.05) is 23.1 Å². The maximum Gasteiger partial charge on any atom is 0.321 e. The Morgan fingerprint density at radius 2 is 1.54 bits per heavy atom. The van der Waals surface area contributed by atoms with Gasteiger partial charge in [-0.3, -0.25) is 4.72 Å². The summed E-state index contributed by atoms with van der Waals surface area (Å²) >= 11 is 0. The van der Waals surface area contributed by atoms with Gasteiger partial charge in [-0.2, -0.15) is 0 Å². The fourth-order valence-electron chi connectivity index (χ4n) is 2.86. The number of amides is 2. The highest BCUT2D eigenvalue weighted by Crippen LogP contribution is 2.21. The topological polar surface area (TPSA) is 78.5 Å². The number of rotatable bonds is 4. The Hall–Kier alpha value is -2.54. The lowest BCUT2D eigenvalue weighted by molar-refractivity contribution is 0.222. The summed E-state index contributed by atoms with van der Waals surface area (Å²) in [5.74, 6) is 0. The molecule has 7 heteroatoms. The Kier molecular flexibility index (Phi) is 5.18. The van der Waals surface area contributed by atoms with Crippen LogP contribution in [0.1, 0.15) is 24.0 Å². The van der Waals surface area contributed by atoms with Crippen molar-refractivity contribution in [2.24, 2.45) is 0 Å². The predicted molar refractivity (Wildman–Crippen MR) is 103 cm³/mol. The first-order valence-electron chi connectivity index (χ1n) is 8.61. The largest absolute Gasteiger partial charge is 0.325 e. The van der Waals surface area contributed by atoms with E-state index in [0.717, 1.165) is 37.1 Å². The van der Waals surface area contributed by atoms with Gasteiger partial charge in [-0.25, -0.2) is 13.2 Å². The first-order chi connectivity index (χ1) is 12.3. The van der Waals surface area contributed by atoms with Crippen LogP contribution in [-0.4, -0.2) is 32.4 Å². The summed E-state index contributed by atoms with van der Waals surface area (Å²) < 4.78 is 27.7. The van der Waals surface area contributed by atoms with Gasteiger partial charge in [-0.15, -0.1) is 0 Å². The van der Waals surface area contributed by atoms with Crippen LogP contribution in [0.25, 0.3) is 0 Å². The predicted octanol–water partition coefficient (Wildman–Crippen LogP) is 3.73. The maximum atomic E-state index is 12.5. The maximum absolute atomic E-state index is 12.5. The number of sulfonamides is 1. The molecule has 2 aromatic carbocycles. The second kappa shape index (κ2) is 7.37. The molecule has 0 atom stereocenters. The molecule has 1 fully saturated rings. The van der Waals surface area contributed by atoms with Crippen molar-refractivity contribution in [3.63, 3.8) is 0 Å². The van der Waals surface area contributed by atoms with E-state index in [9.17, 15) is 13.2 Å². The van der Waals surface area contributed by atoms with Gasteiger partial charge in [0.1, 0.15) is 0 Å². The smallest absolute Gasteiger partial charge is 0.321 e. The van der Waals surface area contributed by atoms with Crippen LogP contribution in [0.4, 0.5) is 16.2 Å². The van der Waals surface area contributed by atoms with E-state index >= 15 is 0 Å². The van der Waals surface area contributed by atoms with Gasteiger partial charge < -0.3 is 10.2 Å². The zero-order valence-electron chi connectivity index (χ0n) is 15.0. The lowest BCUT2D eigenvalue weighted by atomic mass is 10.1. The Balaban J connectivity index is 1.70. The summed E-state index contributed by atoms with van der Waals surface area (Å²) in [6, 6.07) is 11.5. The number of anilines is 2. The summed E-state index contributed by atoms with van der Waals surface area (Å²) in [6.07, 6.45) is 2.05. The number of hydrogen-bond donors (Lipinski definition) is 2. The van der Waals surface area contributed by atoms with E-state index in [0.29, 0.717) is 11.4 Å². The molecule has 2 amide bonds. The van der Waals surface area contributed by atoms with Gasteiger partial charge in [-0.1, -0.05) is 6.07 Å². The number of urea groups is 1. The summed E-state index contributed by atoms with van der Waals surface area (Å²) in [5, 5.41) is 2.80. The van der Waals surface area contributed by atoms with E-state index in [1.54, 1.807) is 29.2 Å². The third kappa shape index (κ3) is 4.16. The van der Waals surface area contributed by atoms with Crippen molar-refractivity contribution < 1.29 is 13.2 Å². The van der Waals surface area contributed by atoms with Crippen LogP contribution in [-0.2, 0) is 10.0 Å². The molecule has 0 aliphatic carbocycles. The minimum Gasteiger partial charge on any atom is -0.325 e. The normalized spacial score (nSPS) is 14.3. The third-order valence-electron chi connectivity index (χ3n) is 4.57.